The van der Waals surface area contributed by atoms with Crippen LogP contribution in [0.5, 0.6) is 0 Å². The molecule has 12 heavy (non-hydrogen) atoms. The molecule has 0 aromatic heterocycles. The predicted octanol–water partition coefficient (Wildman–Crippen LogP) is -0.122. The van der Waals surface area contributed by atoms with Gasteiger partial charge in [0, 0.05) is 0 Å². The van der Waals surface area contributed by atoms with Crippen LogP contribution in [0.25, 0.3) is 0 Å². The molecule has 0 aromatic rings. The molecule has 0 aliphatic heterocycles. The molecule has 0 aliphatic rings. The van der Waals surface area contributed by atoms with Crippen molar-refractivity contribution in [3.63, 3.8) is 0 Å². The Labute approximate surface area is 73.5 Å². The van der Waals surface area contributed by atoms with Crippen molar-refractivity contribution in [1.82, 2.24) is 5.32 Å². The normalized spacial score (nSPS) is 9.75. The van der Waals surface area contributed by atoms with Crippen molar-refractivity contribution in [2.75, 3.05) is 26.2 Å². The molecule has 0 fully saturated rings. The lowest BCUT2D eigenvalue weighted by Gasteiger charge is -2.02. The van der Waals surface area contributed by atoms with Gasteiger partial charge in [0.05, 0.1) is 6.61 Å². The summed E-state index contributed by atoms with van der Waals surface area (Å²) in [4.78, 5) is 9.72. The quantitative estimate of drug-likeness (QED) is 0.378. The molecule has 0 spiro atoms. The van der Waals surface area contributed by atoms with Gasteiger partial charge in [-0.3, -0.25) is 4.79 Å². The topological polar surface area (TPSA) is 64.3 Å². The number of rotatable bonds is 9. The second-order valence-electron chi connectivity index (χ2n) is 2.57. The molecule has 0 heterocycles. The third-order valence-corrected chi connectivity index (χ3v) is 1.49. The number of unbranched alkanes of at least 4 members (excludes halogenated alkanes) is 1. The average Bonchev–Trinajstić information content (AvgIpc) is 2.10. The first-order valence-corrected chi connectivity index (χ1v) is 4.38. The molecule has 0 amide bonds. The molecule has 72 valence electrons. The van der Waals surface area contributed by atoms with Gasteiger partial charge in [0.1, 0.15) is 0 Å². The molecule has 4 nitrogen and oxygen atoms in total. The van der Waals surface area contributed by atoms with Crippen molar-refractivity contribution in [3.8, 4) is 0 Å². The monoisotopic (exact) mass is 174 g/mol. The molecule has 0 rings (SSSR count). The smallest absolute Gasteiger partial charge is 0.293 e. The van der Waals surface area contributed by atoms with E-state index in [0.717, 1.165) is 38.9 Å². The Morgan fingerprint density at radius 1 is 1.25 bits per heavy atom. The molecule has 0 atom stereocenters. The molecule has 4 heteroatoms. The number of nitrogens with two attached hydrogens (primary N) is 1. The highest BCUT2D eigenvalue weighted by molar-refractivity contribution is 5.36. The van der Waals surface area contributed by atoms with E-state index in [-0.39, 0.29) is 0 Å². The van der Waals surface area contributed by atoms with Gasteiger partial charge in [0.2, 0.25) is 0 Å². The lowest BCUT2D eigenvalue weighted by atomic mass is 10.3. The summed E-state index contributed by atoms with van der Waals surface area (Å²) in [5, 5.41) is 3.23. The third kappa shape index (κ3) is 9.39. The van der Waals surface area contributed by atoms with Crippen LogP contribution < -0.4 is 11.1 Å². The Bertz CT molecular complexity index is 99.1. The van der Waals surface area contributed by atoms with Crippen molar-refractivity contribution in [3.05, 3.63) is 0 Å². The van der Waals surface area contributed by atoms with Gasteiger partial charge in [-0.2, -0.15) is 0 Å². The van der Waals surface area contributed by atoms with Crippen LogP contribution in [0.4, 0.5) is 0 Å². The lowest BCUT2D eigenvalue weighted by molar-refractivity contribution is -0.128. The van der Waals surface area contributed by atoms with Crippen molar-refractivity contribution >= 4 is 6.47 Å². The van der Waals surface area contributed by atoms with Crippen LogP contribution in [0.15, 0.2) is 0 Å². The maximum atomic E-state index is 9.72. The summed E-state index contributed by atoms with van der Waals surface area (Å²) in [5.74, 6) is 0. The fourth-order valence-electron chi connectivity index (χ4n) is 0.848. The molecular formula is C8H18N2O2. The van der Waals surface area contributed by atoms with Gasteiger partial charge in [-0.05, 0) is 38.9 Å². The fourth-order valence-corrected chi connectivity index (χ4v) is 0.848. The summed E-state index contributed by atoms with van der Waals surface area (Å²) in [6.45, 7) is 3.65. The Morgan fingerprint density at radius 2 is 2.00 bits per heavy atom. The zero-order chi connectivity index (χ0) is 9.07. The van der Waals surface area contributed by atoms with Crippen molar-refractivity contribution in [2.24, 2.45) is 5.73 Å². The summed E-state index contributed by atoms with van der Waals surface area (Å²) < 4.78 is 4.52. The first-order chi connectivity index (χ1) is 5.91. The number of hydrogen-bond donors (Lipinski definition) is 2. The minimum absolute atomic E-state index is 0.481. The van der Waals surface area contributed by atoms with Crippen LogP contribution in [-0.2, 0) is 9.53 Å². The summed E-state index contributed by atoms with van der Waals surface area (Å²) in [6.07, 6.45) is 3.06. The second-order valence-corrected chi connectivity index (χ2v) is 2.57. The van der Waals surface area contributed by atoms with Gasteiger partial charge in [0.25, 0.3) is 6.47 Å². The van der Waals surface area contributed by atoms with Crippen LogP contribution in [0, 0.1) is 0 Å². The third-order valence-electron chi connectivity index (χ3n) is 1.49. The van der Waals surface area contributed by atoms with Crippen molar-refractivity contribution in [1.29, 1.82) is 0 Å². The maximum Gasteiger partial charge on any atom is 0.293 e. The highest BCUT2D eigenvalue weighted by Gasteiger charge is 1.88. The highest BCUT2D eigenvalue weighted by Crippen LogP contribution is 1.83. The average molecular weight is 174 g/mol. The van der Waals surface area contributed by atoms with E-state index in [1.165, 1.54) is 0 Å². The lowest BCUT2D eigenvalue weighted by Crippen LogP contribution is -2.18. The molecule has 0 saturated carbocycles. The Morgan fingerprint density at radius 3 is 2.67 bits per heavy atom. The Balaban J connectivity index is 2.77. The van der Waals surface area contributed by atoms with Crippen molar-refractivity contribution < 1.29 is 9.53 Å². The summed E-state index contributed by atoms with van der Waals surface area (Å²) >= 11 is 0. The SMILES string of the molecule is NCCCCNCCCOC=O. The van der Waals surface area contributed by atoms with E-state index in [2.05, 4.69) is 10.1 Å². The van der Waals surface area contributed by atoms with Crippen LogP contribution in [-0.4, -0.2) is 32.7 Å². The first kappa shape index (κ1) is 11.4. The second kappa shape index (κ2) is 10.4. The largest absolute Gasteiger partial charge is 0.468 e. The Kier molecular flexibility index (Phi) is 9.86. The zero-order valence-corrected chi connectivity index (χ0v) is 7.42. The molecule has 3 N–H and O–H groups in total. The van der Waals surface area contributed by atoms with E-state index in [1.54, 1.807) is 0 Å². The van der Waals surface area contributed by atoms with E-state index in [1.807, 2.05) is 0 Å². The Hall–Kier alpha value is -0.610. The molecule has 0 unspecified atom stereocenters. The molecule has 0 radical (unpaired) electrons. The number of ether oxygens (including phenoxy) is 1. The highest BCUT2D eigenvalue weighted by atomic mass is 16.5. The van der Waals surface area contributed by atoms with Gasteiger partial charge < -0.3 is 15.8 Å². The first-order valence-electron chi connectivity index (χ1n) is 4.38. The van der Waals surface area contributed by atoms with E-state index < -0.39 is 0 Å². The van der Waals surface area contributed by atoms with Gasteiger partial charge in [0.15, 0.2) is 0 Å². The maximum absolute atomic E-state index is 9.72. The van der Waals surface area contributed by atoms with Crippen molar-refractivity contribution in [2.45, 2.75) is 19.3 Å². The summed E-state index contributed by atoms with van der Waals surface area (Å²) in [6, 6.07) is 0. The molecule has 0 aromatic carbocycles. The standard InChI is InChI=1S/C8H18N2O2/c9-4-1-2-5-10-6-3-7-12-8-11/h8,10H,1-7,9H2. The number of hydrogen-bond acceptors (Lipinski definition) is 4. The van der Waals surface area contributed by atoms with Crippen LogP contribution >= 0.6 is 0 Å². The zero-order valence-electron chi connectivity index (χ0n) is 7.42. The minimum Gasteiger partial charge on any atom is -0.468 e. The molecule has 0 bridgehead atoms. The van der Waals surface area contributed by atoms with E-state index in [4.69, 9.17) is 5.73 Å². The van der Waals surface area contributed by atoms with Crippen LogP contribution in [0.1, 0.15) is 19.3 Å². The van der Waals surface area contributed by atoms with E-state index >= 15 is 0 Å². The van der Waals surface area contributed by atoms with Gasteiger partial charge >= 0.3 is 0 Å². The van der Waals surface area contributed by atoms with E-state index in [0.29, 0.717) is 13.1 Å². The number of carbonyl (C=O) groups is 1. The number of carbonyl (C=O) groups excluding carboxylic acids is 1. The van der Waals surface area contributed by atoms with Gasteiger partial charge in [-0.1, -0.05) is 0 Å². The molecule has 0 aliphatic carbocycles. The van der Waals surface area contributed by atoms with Gasteiger partial charge in [-0.25, -0.2) is 0 Å². The minimum atomic E-state index is 0.481. The van der Waals surface area contributed by atoms with Crippen LogP contribution in [0.3, 0.4) is 0 Å². The van der Waals surface area contributed by atoms with Gasteiger partial charge in [-0.15, -0.1) is 0 Å². The molecular weight excluding hydrogens is 156 g/mol. The number of nitrogens with one attached hydrogen (secondary N) is 1. The van der Waals surface area contributed by atoms with E-state index in [9.17, 15) is 4.79 Å². The summed E-state index contributed by atoms with van der Waals surface area (Å²) in [7, 11) is 0. The fraction of sp³-hybridized carbons (Fsp3) is 0.875. The predicted molar refractivity (Wildman–Crippen MR) is 47.8 cm³/mol. The van der Waals surface area contributed by atoms with Crippen LogP contribution in [0.2, 0.25) is 0 Å². The summed E-state index contributed by atoms with van der Waals surface area (Å²) in [5.41, 5.74) is 5.32. The molecule has 0 saturated heterocycles.